The molecule has 4 rings (SSSR count). The maximum atomic E-state index is 12.8. The lowest BCUT2D eigenvalue weighted by molar-refractivity contribution is -0.889. The third kappa shape index (κ3) is 6.74. The van der Waals surface area contributed by atoms with E-state index in [1.807, 2.05) is 6.07 Å². The summed E-state index contributed by atoms with van der Waals surface area (Å²) >= 11 is 0. The van der Waals surface area contributed by atoms with E-state index in [9.17, 15) is 14.7 Å². The van der Waals surface area contributed by atoms with Crippen molar-refractivity contribution in [3.8, 4) is 17.2 Å². The second-order valence-corrected chi connectivity index (χ2v) is 9.25. The predicted molar refractivity (Wildman–Crippen MR) is 130 cm³/mol. The number of Topliss-reactive ketones (excluding diaryl/α,β-unsaturated/α-hetero) is 1. The molecule has 1 amide bonds. The van der Waals surface area contributed by atoms with E-state index in [0.29, 0.717) is 60.6 Å². The third-order valence-electron chi connectivity index (χ3n) is 6.75. The van der Waals surface area contributed by atoms with E-state index in [-0.39, 0.29) is 18.5 Å². The van der Waals surface area contributed by atoms with Crippen LogP contribution in [0.4, 0.5) is 0 Å². The Morgan fingerprint density at radius 2 is 1.74 bits per heavy atom. The number of nitrogens with one attached hydrogen (secondary N) is 2. The number of carbonyl (C=O) groups excluding carboxylic acids is 2. The molecule has 0 aromatic heterocycles. The summed E-state index contributed by atoms with van der Waals surface area (Å²) in [5.41, 5.74) is 1.35. The van der Waals surface area contributed by atoms with Gasteiger partial charge in [-0.25, -0.2) is 0 Å². The summed E-state index contributed by atoms with van der Waals surface area (Å²) in [5.74, 6) is 1.94. The zero-order valence-corrected chi connectivity index (χ0v) is 20.3. The number of hydrogen-bond acceptors (Lipinski definition) is 6. The molecule has 2 atom stereocenters. The molecule has 8 heteroatoms. The summed E-state index contributed by atoms with van der Waals surface area (Å²) in [5, 5.41) is 14.2. The van der Waals surface area contributed by atoms with E-state index >= 15 is 0 Å². The van der Waals surface area contributed by atoms with Gasteiger partial charge in [-0.1, -0.05) is 6.07 Å². The van der Waals surface area contributed by atoms with Crippen LogP contribution in [0.5, 0.6) is 17.2 Å². The molecule has 3 N–H and O–H groups in total. The molecule has 0 radical (unpaired) electrons. The van der Waals surface area contributed by atoms with Gasteiger partial charge in [-0.15, -0.1) is 0 Å². The second-order valence-electron chi connectivity index (χ2n) is 9.25. The average molecular weight is 484 g/mol. The molecule has 188 valence electrons. The largest absolute Gasteiger partial charge is 0.497 e. The number of aliphatic hydroxyl groups is 1. The maximum Gasteiger partial charge on any atom is 0.231 e. The highest BCUT2D eigenvalue weighted by Crippen LogP contribution is 2.34. The number of likely N-dealkylation sites (tertiary alicyclic amines) is 1. The molecule has 1 saturated heterocycles. The molecule has 0 bridgehead atoms. The lowest BCUT2D eigenvalue weighted by Gasteiger charge is -2.27. The van der Waals surface area contributed by atoms with E-state index in [1.165, 1.54) is 17.7 Å². The van der Waals surface area contributed by atoms with Gasteiger partial charge in [0, 0.05) is 31.2 Å². The van der Waals surface area contributed by atoms with Crippen molar-refractivity contribution in [1.82, 2.24) is 5.32 Å². The number of aliphatic hydroxyl groups excluding tert-OH is 1. The summed E-state index contributed by atoms with van der Waals surface area (Å²) in [7, 11) is 1.59. The lowest BCUT2D eigenvalue weighted by Crippen LogP contribution is -3.11. The highest BCUT2D eigenvalue weighted by molar-refractivity contribution is 5.96. The predicted octanol–water partition coefficient (Wildman–Crippen LogP) is 2.06. The van der Waals surface area contributed by atoms with Crippen LogP contribution in [-0.4, -0.2) is 56.4 Å². The van der Waals surface area contributed by atoms with Gasteiger partial charge in [0.05, 0.1) is 20.2 Å². The van der Waals surface area contributed by atoms with Crippen LogP contribution in [0.25, 0.3) is 0 Å². The summed E-state index contributed by atoms with van der Waals surface area (Å²) in [6.07, 6.45) is 3.42. The summed E-state index contributed by atoms with van der Waals surface area (Å²) < 4.78 is 15.9. The van der Waals surface area contributed by atoms with Gasteiger partial charge in [0.15, 0.2) is 17.3 Å². The van der Waals surface area contributed by atoms with Gasteiger partial charge < -0.3 is 29.5 Å². The molecule has 2 aromatic rings. The number of ketones is 1. The molecule has 0 saturated carbocycles. The maximum absolute atomic E-state index is 12.8. The second kappa shape index (κ2) is 12.0. The molecule has 35 heavy (non-hydrogen) atoms. The van der Waals surface area contributed by atoms with Crippen LogP contribution >= 0.6 is 0 Å². The number of hydrogen-bond donors (Lipinski definition) is 3. The van der Waals surface area contributed by atoms with E-state index in [0.717, 1.165) is 13.1 Å². The number of unbranched alkanes of at least 4 members (excludes halogenated alkanes) is 1. The molecular weight excluding hydrogens is 448 g/mol. The Morgan fingerprint density at radius 1 is 1.03 bits per heavy atom. The molecule has 2 aliphatic rings. The monoisotopic (exact) mass is 483 g/mol. The van der Waals surface area contributed by atoms with Gasteiger partial charge in [-0.05, 0) is 54.8 Å². The number of carbonyl (C=O) groups is 2. The van der Waals surface area contributed by atoms with Gasteiger partial charge in [0.25, 0.3) is 0 Å². The molecule has 2 heterocycles. The first-order chi connectivity index (χ1) is 17.0. The number of methoxy groups -OCH3 is 1. The van der Waals surface area contributed by atoms with Crippen molar-refractivity contribution >= 4 is 11.7 Å². The van der Waals surface area contributed by atoms with E-state index < -0.39 is 12.1 Å². The Morgan fingerprint density at radius 3 is 2.49 bits per heavy atom. The first-order valence-electron chi connectivity index (χ1n) is 12.4. The number of fused-ring (bicyclic) bond motifs is 1. The molecule has 2 aliphatic heterocycles. The van der Waals surface area contributed by atoms with Crippen LogP contribution in [0, 0.1) is 0 Å². The molecule has 1 fully saturated rings. The number of benzene rings is 2. The van der Waals surface area contributed by atoms with Crippen LogP contribution in [0.3, 0.4) is 0 Å². The number of rotatable bonds is 12. The Hall–Kier alpha value is -3.10. The first-order valence-corrected chi connectivity index (χ1v) is 12.4. The number of ether oxygens (including phenoxy) is 3. The molecular formula is C27H35N2O6+. The van der Waals surface area contributed by atoms with Crippen molar-refractivity contribution in [2.45, 2.75) is 50.7 Å². The summed E-state index contributed by atoms with van der Waals surface area (Å²) in [6, 6.07) is 12.1. The van der Waals surface area contributed by atoms with Gasteiger partial charge >= 0.3 is 0 Å². The minimum atomic E-state index is -0.849. The van der Waals surface area contributed by atoms with Crippen LogP contribution in [0.2, 0.25) is 0 Å². The molecule has 8 nitrogen and oxygen atoms in total. The van der Waals surface area contributed by atoms with Gasteiger partial charge in [0.1, 0.15) is 24.4 Å². The minimum Gasteiger partial charge on any atom is -0.497 e. The van der Waals surface area contributed by atoms with Gasteiger partial charge in [0.2, 0.25) is 12.7 Å². The molecule has 2 aromatic carbocycles. The summed E-state index contributed by atoms with van der Waals surface area (Å²) in [4.78, 5) is 26.5. The van der Waals surface area contributed by atoms with Crippen LogP contribution in [0.15, 0.2) is 42.5 Å². The Labute approximate surface area is 206 Å². The molecule has 0 spiro atoms. The average Bonchev–Trinajstić information content (AvgIpc) is 3.57. The van der Waals surface area contributed by atoms with Crippen LogP contribution < -0.4 is 24.4 Å². The Balaban J connectivity index is 1.28. The summed E-state index contributed by atoms with van der Waals surface area (Å²) in [6.45, 7) is 2.94. The SMILES string of the molecule is COc1ccc(C(=O)CCCCC(=O)N[C@H](C[NH+]2CCCC2)[C@H](O)c2ccc3c(c2)OCO3)cc1. The first kappa shape index (κ1) is 25.0. The normalized spacial score (nSPS) is 16.6. The van der Waals surface area contributed by atoms with E-state index in [4.69, 9.17) is 14.2 Å². The highest BCUT2D eigenvalue weighted by Gasteiger charge is 2.30. The molecule has 0 aliphatic carbocycles. The van der Waals surface area contributed by atoms with Crippen molar-refractivity contribution in [1.29, 1.82) is 0 Å². The minimum absolute atomic E-state index is 0.0572. The van der Waals surface area contributed by atoms with Crippen molar-refractivity contribution in [3.05, 3.63) is 53.6 Å². The van der Waals surface area contributed by atoms with Crippen molar-refractivity contribution in [3.63, 3.8) is 0 Å². The zero-order chi connectivity index (χ0) is 24.6. The van der Waals surface area contributed by atoms with Crippen LogP contribution in [-0.2, 0) is 4.79 Å². The zero-order valence-electron chi connectivity index (χ0n) is 20.3. The fourth-order valence-corrected chi connectivity index (χ4v) is 4.73. The van der Waals surface area contributed by atoms with Crippen molar-refractivity contribution in [2.75, 3.05) is 33.5 Å². The quantitative estimate of drug-likeness (QED) is 0.316. The standard InChI is InChI=1S/C27H34N2O6/c1-33-21-11-8-19(9-12-21)23(30)6-2-3-7-26(31)28-22(17-29-14-4-5-15-29)27(32)20-10-13-24-25(16-20)35-18-34-24/h8-13,16,22,27,32H,2-7,14-15,17-18H2,1H3,(H,28,31)/p+1/t22-,27-/m1/s1. The fourth-order valence-electron chi connectivity index (χ4n) is 4.73. The number of amides is 1. The molecule has 0 unspecified atom stereocenters. The Bertz CT molecular complexity index is 1000. The highest BCUT2D eigenvalue weighted by atomic mass is 16.7. The third-order valence-corrected chi connectivity index (χ3v) is 6.75. The van der Waals surface area contributed by atoms with E-state index in [1.54, 1.807) is 43.5 Å². The van der Waals surface area contributed by atoms with Gasteiger partial charge in [-0.3, -0.25) is 9.59 Å². The Kier molecular flexibility index (Phi) is 8.60. The fraction of sp³-hybridized carbons (Fsp3) is 0.481. The lowest BCUT2D eigenvalue weighted by atomic mass is 10.0. The topological polar surface area (TPSA) is 98.5 Å². The van der Waals surface area contributed by atoms with E-state index in [2.05, 4.69) is 5.32 Å². The smallest absolute Gasteiger partial charge is 0.231 e. The number of quaternary nitrogens is 1. The van der Waals surface area contributed by atoms with Crippen LogP contribution in [0.1, 0.15) is 60.6 Å². The van der Waals surface area contributed by atoms with Gasteiger partial charge in [-0.2, -0.15) is 0 Å². The van der Waals surface area contributed by atoms with Crippen molar-refractivity contribution < 1.29 is 33.8 Å². The van der Waals surface area contributed by atoms with Crippen molar-refractivity contribution in [2.24, 2.45) is 0 Å².